The zero-order valence-corrected chi connectivity index (χ0v) is 12.9. The molecular formula is C16H23N3O2. The molecule has 1 aromatic carbocycles. The summed E-state index contributed by atoms with van der Waals surface area (Å²) in [6.07, 6.45) is 1.29. The van der Waals surface area contributed by atoms with Crippen molar-refractivity contribution >= 4 is 17.6 Å². The minimum absolute atomic E-state index is 0.100. The van der Waals surface area contributed by atoms with E-state index in [9.17, 15) is 9.59 Å². The third-order valence-corrected chi connectivity index (χ3v) is 4.09. The molecule has 3 N–H and O–H groups in total. The smallest absolute Gasteiger partial charge is 0.321 e. The minimum atomic E-state index is -0.264. The van der Waals surface area contributed by atoms with Gasteiger partial charge in [-0.1, -0.05) is 17.7 Å². The number of nitrogens with zero attached hydrogens (tertiary/aromatic N) is 1. The van der Waals surface area contributed by atoms with Crippen molar-refractivity contribution in [2.45, 2.75) is 33.6 Å². The van der Waals surface area contributed by atoms with Gasteiger partial charge in [0.1, 0.15) is 0 Å². The van der Waals surface area contributed by atoms with E-state index in [1.807, 2.05) is 20.8 Å². The summed E-state index contributed by atoms with van der Waals surface area (Å²) in [6, 6.07) is 4.01. The van der Waals surface area contributed by atoms with Crippen molar-refractivity contribution in [1.29, 1.82) is 0 Å². The fraction of sp³-hybridized carbons (Fsp3) is 0.500. The highest BCUT2D eigenvalue weighted by Gasteiger charge is 2.26. The van der Waals surface area contributed by atoms with E-state index in [0.717, 1.165) is 16.8 Å². The molecule has 0 atom stereocenters. The van der Waals surface area contributed by atoms with Gasteiger partial charge in [-0.15, -0.1) is 0 Å². The molecule has 0 radical (unpaired) electrons. The highest BCUT2D eigenvalue weighted by Crippen LogP contribution is 2.23. The molecule has 0 aliphatic carbocycles. The molecule has 0 spiro atoms. The zero-order chi connectivity index (χ0) is 15.6. The summed E-state index contributed by atoms with van der Waals surface area (Å²) < 4.78 is 0. The van der Waals surface area contributed by atoms with Crippen molar-refractivity contribution in [2.24, 2.45) is 11.7 Å². The predicted octanol–water partition coefficient (Wildman–Crippen LogP) is 2.34. The number of primary amides is 1. The lowest BCUT2D eigenvalue weighted by atomic mass is 9.96. The second-order valence-corrected chi connectivity index (χ2v) is 5.87. The van der Waals surface area contributed by atoms with Crippen LogP contribution < -0.4 is 11.1 Å². The highest BCUT2D eigenvalue weighted by molar-refractivity contribution is 5.91. The molecular weight excluding hydrogens is 266 g/mol. The molecule has 0 bridgehead atoms. The lowest BCUT2D eigenvalue weighted by Crippen LogP contribution is -2.43. The predicted molar refractivity (Wildman–Crippen MR) is 83.2 cm³/mol. The Balaban J connectivity index is 2.01. The largest absolute Gasteiger partial charge is 0.369 e. The summed E-state index contributed by atoms with van der Waals surface area (Å²) in [5, 5.41) is 2.99. The van der Waals surface area contributed by atoms with Crippen LogP contribution in [0.3, 0.4) is 0 Å². The summed E-state index contributed by atoms with van der Waals surface area (Å²) in [6.45, 7) is 7.18. The normalized spacial score (nSPS) is 15.9. The Morgan fingerprint density at radius 3 is 2.14 bits per heavy atom. The number of amides is 3. The van der Waals surface area contributed by atoms with E-state index in [1.165, 1.54) is 5.56 Å². The minimum Gasteiger partial charge on any atom is -0.369 e. The van der Waals surface area contributed by atoms with E-state index in [0.29, 0.717) is 25.9 Å². The quantitative estimate of drug-likeness (QED) is 0.876. The van der Waals surface area contributed by atoms with Crippen LogP contribution in [0.2, 0.25) is 0 Å². The molecule has 5 nitrogen and oxygen atoms in total. The molecule has 0 aromatic heterocycles. The summed E-state index contributed by atoms with van der Waals surface area (Å²) in [4.78, 5) is 25.2. The van der Waals surface area contributed by atoms with Crippen LogP contribution in [0.1, 0.15) is 29.5 Å². The monoisotopic (exact) mass is 289 g/mol. The standard InChI is InChI=1S/C16H23N3O2/c1-10-8-11(2)14(12(3)9-10)18-16(21)19-6-4-13(5-7-19)15(17)20/h8-9,13H,4-7H2,1-3H3,(H2,17,20)(H,18,21). The number of carbonyl (C=O) groups is 2. The molecule has 0 unspecified atom stereocenters. The molecule has 1 aliphatic rings. The SMILES string of the molecule is Cc1cc(C)c(NC(=O)N2CCC(C(N)=O)CC2)c(C)c1. The molecule has 21 heavy (non-hydrogen) atoms. The number of likely N-dealkylation sites (tertiary alicyclic amines) is 1. The summed E-state index contributed by atoms with van der Waals surface area (Å²) >= 11 is 0. The van der Waals surface area contributed by atoms with Crippen LogP contribution in [0, 0.1) is 26.7 Å². The Hall–Kier alpha value is -2.04. The summed E-state index contributed by atoms with van der Waals surface area (Å²) in [7, 11) is 0. The molecule has 1 aromatic rings. The van der Waals surface area contributed by atoms with Crippen molar-refractivity contribution in [3.63, 3.8) is 0 Å². The fourth-order valence-electron chi connectivity index (χ4n) is 2.93. The van der Waals surface area contributed by atoms with Crippen LogP contribution in [0.25, 0.3) is 0 Å². The highest BCUT2D eigenvalue weighted by atomic mass is 16.2. The number of hydrogen-bond acceptors (Lipinski definition) is 2. The van der Waals surface area contributed by atoms with E-state index in [2.05, 4.69) is 17.4 Å². The van der Waals surface area contributed by atoms with Gasteiger partial charge in [-0.3, -0.25) is 4.79 Å². The van der Waals surface area contributed by atoms with E-state index in [1.54, 1.807) is 4.90 Å². The molecule has 1 heterocycles. The average molecular weight is 289 g/mol. The second-order valence-electron chi connectivity index (χ2n) is 5.87. The first kappa shape index (κ1) is 15.4. The first-order valence-electron chi connectivity index (χ1n) is 7.31. The number of aryl methyl sites for hydroxylation is 3. The summed E-state index contributed by atoms with van der Waals surface area (Å²) in [5.41, 5.74) is 9.50. The van der Waals surface area contributed by atoms with Gasteiger partial charge in [-0.05, 0) is 44.7 Å². The Morgan fingerprint density at radius 1 is 1.14 bits per heavy atom. The molecule has 3 amide bonds. The van der Waals surface area contributed by atoms with Gasteiger partial charge in [-0.25, -0.2) is 4.79 Å². The van der Waals surface area contributed by atoms with Crippen LogP contribution >= 0.6 is 0 Å². The van der Waals surface area contributed by atoms with Crippen molar-refractivity contribution in [1.82, 2.24) is 4.90 Å². The molecule has 1 fully saturated rings. The van der Waals surface area contributed by atoms with Gasteiger partial charge in [0.2, 0.25) is 5.91 Å². The maximum atomic E-state index is 12.3. The van der Waals surface area contributed by atoms with Gasteiger partial charge in [0.15, 0.2) is 0 Å². The maximum Gasteiger partial charge on any atom is 0.321 e. The number of anilines is 1. The Morgan fingerprint density at radius 2 is 1.67 bits per heavy atom. The number of nitrogens with two attached hydrogens (primary N) is 1. The summed E-state index contributed by atoms with van der Waals surface area (Å²) in [5.74, 6) is -0.364. The van der Waals surface area contributed by atoms with Gasteiger partial charge in [-0.2, -0.15) is 0 Å². The Kier molecular flexibility index (Phi) is 4.50. The second kappa shape index (κ2) is 6.16. The van der Waals surface area contributed by atoms with Gasteiger partial charge in [0, 0.05) is 24.7 Å². The third kappa shape index (κ3) is 3.54. The number of hydrogen-bond donors (Lipinski definition) is 2. The molecule has 1 saturated heterocycles. The number of benzene rings is 1. The lowest BCUT2D eigenvalue weighted by Gasteiger charge is -2.31. The molecule has 5 heteroatoms. The van der Waals surface area contributed by atoms with Crippen molar-refractivity contribution in [3.8, 4) is 0 Å². The number of urea groups is 1. The first-order chi connectivity index (χ1) is 9.88. The molecule has 0 saturated carbocycles. The lowest BCUT2D eigenvalue weighted by molar-refractivity contribution is -0.122. The maximum absolute atomic E-state index is 12.3. The number of nitrogens with one attached hydrogen (secondary N) is 1. The van der Waals surface area contributed by atoms with Crippen LogP contribution in [0.15, 0.2) is 12.1 Å². The topological polar surface area (TPSA) is 75.4 Å². The number of carbonyl (C=O) groups excluding carboxylic acids is 2. The van der Waals surface area contributed by atoms with E-state index >= 15 is 0 Å². The van der Waals surface area contributed by atoms with Crippen LogP contribution in [-0.4, -0.2) is 29.9 Å². The Labute approximate surface area is 125 Å². The van der Waals surface area contributed by atoms with E-state index < -0.39 is 0 Å². The van der Waals surface area contributed by atoms with Crippen molar-refractivity contribution < 1.29 is 9.59 Å². The number of piperidine rings is 1. The van der Waals surface area contributed by atoms with E-state index in [4.69, 9.17) is 5.73 Å². The Bertz CT molecular complexity index is 538. The van der Waals surface area contributed by atoms with Crippen LogP contribution in [-0.2, 0) is 4.79 Å². The van der Waals surface area contributed by atoms with Gasteiger partial charge in [0.25, 0.3) is 0 Å². The van der Waals surface area contributed by atoms with Crippen molar-refractivity contribution in [2.75, 3.05) is 18.4 Å². The first-order valence-corrected chi connectivity index (χ1v) is 7.31. The fourth-order valence-corrected chi connectivity index (χ4v) is 2.93. The van der Waals surface area contributed by atoms with Gasteiger partial charge in [0.05, 0.1) is 0 Å². The van der Waals surface area contributed by atoms with Crippen molar-refractivity contribution in [3.05, 3.63) is 28.8 Å². The van der Waals surface area contributed by atoms with Crippen LogP contribution in [0.5, 0.6) is 0 Å². The van der Waals surface area contributed by atoms with E-state index in [-0.39, 0.29) is 17.9 Å². The molecule has 2 rings (SSSR count). The third-order valence-electron chi connectivity index (χ3n) is 4.09. The van der Waals surface area contributed by atoms with Gasteiger partial charge >= 0.3 is 6.03 Å². The van der Waals surface area contributed by atoms with Crippen LogP contribution in [0.4, 0.5) is 10.5 Å². The number of rotatable bonds is 2. The zero-order valence-electron chi connectivity index (χ0n) is 12.9. The molecule has 1 aliphatic heterocycles. The van der Waals surface area contributed by atoms with Gasteiger partial charge < -0.3 is 16.0 Å². The average Bonchev–Trinajstić information content (AvgIpc) is 2.42. The molecule has 114 valence electrons.